The number of carbonyl (C=O) groups excluding carboxylic acids is 1. The summed E-state index contributed by atoms with van der Waals surface area (Å²) in [4.78, 5) is 23.2. The Labute approximate surface area is 110 Å². The second-order valence-corrected chi connectivity index (χ2v) is 5.39. The Morgan fingerprint density at radius 3 is 2.84 bits per heavy atom. The quantitative estimate of drug-likeness (QED) is 0.791. The second kappa shape index (κ2) is 4.64. The van der Waals surface area contributed by atoms with E-state index in [4.69, 9.17) is 0 Å². The lowest BCUT2D eigenvalue weighted by atomic mass is 9.84. The number of aliphatic carboxylic acids is 1. The van der Waals surface area contributed by atoms with Crippen molar-refractivity contribution >= 4 is 11.9 Å². The number of nitrogens with one attached hydrogen (secondary N) is 1. The summed E-state index contributed by atoms with van der Waals surface area (Å²) in [5.74, 6) is -0.893. The van der Waals surface area contributed by atoms with Gasteiger partial charge in [0.05, 0.1) is 12.1 Å². The summed E-state index contributed by atoms with van der Waals surface area (Å²) in [6.45, 7) is 0.0836. The van der Waals surface area contributed by atoms with E-state index in [0.29, 0.717) is 5.92 Å². The molecular weight excluding hydrogens is 248 g/mol. The molecule has 4 atom stereocenters. The highest BCUT2D eigenvalue weighted by Crippen LogP contribution is 2.48. The predicted octanol–water partition coefficient (Wildman–Crippen LogP) is -0.106. The van der Waals surface area contributed by atoms with Crippen molar-refractivity contribution in [2.75, 3.05) is 0 Å². The number of hydrogen-bond donors (Lipinski definition) is 2. The van der Waals surface area contributed by atoms with Gasteiger partial charge in [0.1, 0.15) is 6.54 Å². The zero-order valence-electron chi connectivity index (χ0n) is 10.4. The fraction of sp³-hybridized carbons (Fsp3) is 0.667. The van der Waals surface area contributed by atoms with E-state index in [9.17, 15) is 14.7 Å². The van der Waals surface area contributed by atoms with Crippen molar-refractivity contribution in [2.24, 2.45) is 17.8 Å². The lowest BCUT2D eigenvalue weighted by Gasteiger charge is -2.28. The SMILES string of the molecule is O=C(Cn1ccnn1)NC1C2CCC(C2)C1C(=O)O. The van der Waals surface area contributed by atoms with Gasteiger partial charge >= 0.3 is 5.97 Å². The van der Waals surface area contributed by atoms with Gasteiger partial charge in [-0.25, -0.2) is 4.68 Å². The van der Waals surface area contributed by atoms with Crippen molar-refractivity contribution in [1.82, 2.24) is 20.3 Å². The zero-order chi connectivity index (χ0) is 13.4. The summed E-state index contributed by atoms with van der Waals surface area (Å²) in [7, 11) is 0. The molecule has 2 aliphatic carbocycles. The number of hydrogen-bond acceptors (Lipinski definition) is 4. The third-order valence-electron chi connectivity index (χ3n) is 4.31. The molecule has 2 fully saturated rings. The van der Waals surface area contributed by atoms with Crippen LogP contribution in [-0.2, 0) is 16.1 Å². The first kappa shape index (κ1) is 12.1. The van der Waals surface area contributed by atoms with E-state index in [0.717, 1.165) is 19.3 Å². The van der Waals surface area contributed by atoms with Crippen LogP contribution in [0.15, 0.2) is 12.4 Å². The number of carbonyl (C=O) groups is 2. The summed E-state index contributed by atoms with van der Waals surface area (Å²) >= 11 is 0. The number of fused-ring (bicyclic) bond motifs is 2. The van der Waals surface area contributed by atoms with Crippen LogP contribution in [0.4, 0.5) is 0 Å². The smallest absolute Gasteiger partial charge is 0.308 e. The van der Waals surface area contributed by atoms with Crippen molar-refractivity contribution in [3.63, 3.8) is 0 Å². The maximum Gasteiger partial charge on any atom is 0.308 e. The lowest BCUT2D eigenvalue weighted by Crippen LogP contribution is -2.47. The minimum absolute atomic E-state index is 0.0836. The van der Waals surface area contributed by atoms with Gasteiger partial charge in [0, 0.05) is 12.2 Å². The second-order valence-electron chi connectivity index (χ2n) is 5.39. The molecule has 0 spiro atoms. The summed E-state index contributed by atoms with van der Waals surface area (Å²) in [6.07, 6.45) is 6.02. The lowest BCUT2D eigenvalue weighted by molar-refractivity contribution is -0.144. The van der Waals surface area contributed by atoms with Crippen LogP contribution in [0.2, 0.25) is 0 Å². The van der Waals surface area contributed by atoms with Crippen molar-refractivity contribution < 1.29 is 14.7 Å². The molecule has 0 saturated heterocycles. The fourth-order valence-corrected chi connectivity index (χ4v) is 3.55. The molecule has 0 aliphatic heterocycles. The van der Waals surface area contributed by atoms with Gasteiger partial charge in [-0.1, -0.05) is 5.21 Å². The van der Waals surface area contributed by atoms with Crippen LogP contribution >= 0.6 is 0 Å². The van der Waals surface area contributed by atoms with E-state index >= 15 is 0 Å². The number of rotatable bonds is 4. The van der Waals surface area contributed by atoms with Crippen LogP contribution < -0.4 is 5.32 Å². The van der Waals surface area contributed by atoms with Crippen LogP contribution in [-0.4, -0.2) is 38.0 Å². The van der Waals surface area contributed by atoms with Gasteiger partial charge in [-0.05, 0) is 31.1 Å². The molecule has 19 heavy (non-hydrogen) atoms. The normalized spacial score (nSPS) is 32.4. The summed E-state index contributed by atoms with van der Waals surface area (Å²) in [5, 5.41) is 19.5. The van der Waals surface area contributed by atoms with E-state index in [-0.39, 0.29) is 24.4 Å². The number of carboxylic acids is 1. The van der Waals surface area contributed by atoms with Crippen LogP contribution in [0.25, 0.3) is 0 Å². The monoisotopic (exact) mass is 264 g/mol. The van der Waals surface area contributed by atoms with Crippen molar-refractivity contribution in [2.45, 2.75) is 31.8 Å². The van der Waals surface area contributed by atoms with Gasteiger partial charge in [0.2, 0.25) is 5.91 Å². The van der Waals surface area contributed by atoms with Crippen LogP contribution in [0.5, 0.6) is 0 Å². The van der Waals surface area contributed by atoms with Crippen molar-refractivity contribution in [3.8, 4) is 0 Å². The van der Waals surface area contributed by atoms with Crippen molar-refractivity contribution in [1.29, 1.82) is 0 Å². The fourth-order valence-electron chi connectivity index (χ4n) is 3.55. The average molecular weight is 264 g/mol. The van der Waals surface area contributed by atoms with E-state index in [2.05, 4.69) is 15.6 Å². The molecule has 0 aromatic carbocycles. The van der Waals surface area contributed by atoms with Gasteiger partial charge in [0.25, 0.3) is 0 Å². The maximum atomic E-state index is 11.9. The van der Waals surface area contributed by atoms with E-state index < -0.39 is 11.9 Å². The Balaban J connectivity index is 1.65. The highest BCUT2D eigenvalue weighted by Gasteiger charge is 2.51. The van der Waals surface area contributed by atoms with Crippen LogP contribution in [0.3, 0.4) is 0 Å². The first-order valence-electron chi connectivity index (χ1n) is 6.51. The largest absolute Gasteiger partial charge is 0.481 e. The highest BCUT2D eigenvalue weighted by atomic mass is 16.4. The third-order valence-corrected chi connectivity index (χ3v) is 4.31. The molecule has 7 heteroatoms. The average Bonchev–Trinajstić information content (AvgIpc) is 3.03. The van der Waals surface area contributed by atoms with Crippen molar-refractivity contribution in [3.05, 3.63) is 12.4 Å². The molecular formula is C12H16N4O3. The predicted molar refractivity (Wildman–Crippen MR) is 63.9 cm³/mol. The zero-order valence-corrected chi connectivity index (χ0v) is 10.4. The molecule has 4 unspecified atom stereocenters. The third kappa shape index (κ3) is 2.20. The summed E-state index contributed by atoms with van der Waals surface area (Å²) < 4.78 is 1.43. The Kier molecular flexibility index (Phi) is 2.96. The molecule has 1 amide bonds. The van der Waals surface area contributed by atoms with Gasteiger partial charge < -0.3 is 10.4 Å². The highest BCUT2D eigenvalue weighted by molar-refractivity contribution is 5.78. The molecule has 0 radical (unpaired) electrons. The van der Waals surface area contributed by atoms with Gasteiger partial charge in [-0.2, -0.15) is 0 Å². The van der Waals surface area contributed by atoms with E-state index in [1.165, 1.54) is 10.9 Å². The standard InChI is InChI=1S/C12H16N4O3/c17-9(6-16-4-3-13-15-16)14-11-8-2-1-7(5-8)10(11)12(18)19/h3-4,7-8,10-11H,1-2,5-6H2,(H,14,17)(H,18,19). The number of nitrogens with zero attached hydrogens (tertiary/aromatic N) is 3. The van der Waals surface area contributed by atoms with E-state index in [1.807, 2.05) is 0 Å². The minimum atomic E-state index is -0.793. The van der Waals surface area contributed by atoms with Gasteiger partial charge in [-0.15, -0.1) is 5.10 Å². The first-order chi connectivity index (χ1) is 9.15. The van der Waals surface area contributed by atoms with E-state index in [1.54, 1.807) is 6.20 Å². The molecule has 7 nitrogen and oxygen atoms in total. The number of amides is 1. The molecule has 1 heterocycles. The summed E-state index contributed by atoms with van der Waals surface area (Å²) in [6, 6.07) is -0.229. The Morgan fingerprint density at radius 2 is 2.16 bits per heavy atom. The van der Waals surface area contributed by atoms with Crippen LogP contribution in [0, 0.1) is 17.8 Å². The van der Waals surface area contributed by atoms with Gasteiger partial charge in [-0.3, -0.25) is 9.59 Å². The molecule has 3 rings (SSSR count). The molecule has 102 valence electrons. The minimum Gasteiger partial charge on any atom is -0.481 e. The summed E-state index contributed by atoms with van der Waals surface area (Å²) in [5.41, 5.74) is 0. The Hall–Kier alpha value is -1.92. The molecule has 2 aliphatic rings. The van der Waals surface area contributed by atoms with Gasteiger partial charge in [0.15, 0.2) is 0 Å². The number of aromatic nitrogens is 3. The topological polar surface area (TPSA) is 97.1 Å². The number of carboxylic acid groups (broad SMARTS) is 1. The molecule has 2 saturated carbocycles. The Morgan fingerprint density at radius 1 is 1.37 bits per heavy atom. The molecule has 1 aromatic heterocycles. The maximum absolute atomic E-state index is 11.9. The Bertz CT molecular complexity index is 487. The molecule has 2 bridgehead atoms. The molecule has 2 N–H and O–H groups in total. The first-order valence-corrected chi connectivity index (χ1v) is 6.51. The molecule has 1 aromatic rings. The van der Waals surface area contributed by atoms with Crippen LogP contribution in [0.1, 0.15) is 19.3 Å².